The standard InChI is InChI=1S/C26H21F5N4O4S/c27-18-5-6-20(35-40(37,38)16-3-1-14(2-4-16)26(29,30)31)23(28)22(18)24(36)17-13-33-25-21(17)19(7-10-32-25)34-15-8-11-39-12-9-15/h1-7,10,13,15,35H,8-9,11-12H2,(H2,32,33,34). The van der Waals surface area contributed by atoms with Crippen LogP contribution < -0.4 is 10.0 Å². The normalized spacial score (nSPS) is 14.8. The van der Waals surface area contributed by atoms with Gasteiger partial charge in [-0.05, 0) is 55.3 Å². The van der Waals surface area contributed by atoms with Crippen LogP contribution in [-0.4, -0.2) is 43.4 Å². The molecule has 1 aliphatic heterocycles. The number of aromatic amines is 1. The SMILES string of the molecule is O=C(c1c(F)ccc(NS(=O)(=O)c2ccc(C(F)(F)F)cc2)c1F)c1c[nH]c2nccc(NC3CCOCC3)c12. The number of sulfonamides is 1. The maximum atomic E-state index is 15.5. The second-order valence-corrected chi connectivity index (χ2v) is 10.7. The van der Waals surface area contributed by atoms with Crippen molar-refractivity contribution in [1.82, 2.24) is 9.97 Å². The Morgan fingerprint density at radius 1 is 1.00 bits per heavy atom. The average Bonchev–Trinajstić information content (AvgIpc) is 3.36. The molecule has 2 aromatic carbocycles. The summed E-state index contributed by atoms with van der Waals surface area (Å²) in [6.07, 6.45) is -0.504. The molecule has 8 nitrogen and oxygen atoms in total. The zero-order valence-electron chi connectivity index (χ0n) is 20.5. The van der Waals surface area contributed by atoms with Crippen LogP contribution in [0.4, 0.5) is 33.3 Å². The van der Waals surface area contributed by atoms with Gasteiger partial charge < -0.3 is 15.0 Å². The number of hydrogen-bond acceptors (Lipinski definition) is 6. The Morgan fingerprint density at radius 2 is 1.70 bits per heavy atom. The molecule has 2 aromatic heterocycles. The van der Waals surface area contributed by atoms with Crippen LogP contribution in [0.1, 0.15) is 34.3 Å². The van der Waals surface area contributed by atoms with Gasteiger partial charge in [-0.25, -0.2) is 22.2 Å². The molecule has 1 saturated heterocycles. The lowest BCUT2D eigenvalue weighted by atomic mass is 10.0. The third-order valence-corrected chi connectivity index (χ3v) is 7.83. The van der Waals surface area contributed by atoms with Crippen LogP contribution in [0.2, 0.25) is 0 Å². The highest BCUT2D eigenvalue weighted by atomic mass is 32.2. The van der Waals surface area contributed by atoms with Gasteiger partial charge in [0.15, 0.2) is 5.82 Å². The molecule has 14 heteroatoms. The molecule has 1 aliphatic rings. The summed E-state index contributed by atoms with van der Waals surface area (Å²) in [7, 11) is -4.59. The zero-order chi connectivity index (χ0) is 28.7. The third kappa shape index (κ3) is 5.36. The van der Waals surface area contributed by atoms with E-state index in [9.17, 15) is 30.8 Å². The van der Waals surface area contributed by atoms with Crippen LogP contribution in [0.5, 0.6) is 0 Å². The van der Waals surface area contributed by atoms with Gasteiger partial charge in [0, 0.05) is 37.3 Å². The number of nitrogens with one attached hydrogen (secondary N) is 3. The van der Waals surface area contributed by atoms with Crippen molar-refractivity contribution < 1.29 is 39.9 Å². The Kier molecular flexibility index (Phi) is 7.23. The number of nitrogens with zero attached hydrogens (tertiary/aromatic N) is 1. The molecular formula is C26H21F5N4O4S. The van der Waals surface area contributed by atoms with Crippen LogP contribution in [-0.2, 0) is 20.9 Å². The number of pyridine rings is 1. The Hall–Kier alpha value is -4.04. The maximum Gasteiger partial charge on any atom is 0.416 e. The molecule has 0 spiro atoms. The predicted octanol–water partition coefficient (Wildman–Crippen LogP) is 5.48. The van der Waals surface area contributed by atoms with E-state index in [0.717, 1.165) is 12.1 Å². The molecule has 0 aliphatic carbocycles. The number of fused-ring (bicyclic) bond motifs is 1. The number of hydrogen-bond donors (Lipinski definition) is 3. The molecular weight excluding hydrogens is 559 g/mol. The molecule has 5 rings (SSSR count). The van der Waals surface area contributed by atoms with Gasteiger partial charge in [-0.15, -0.1) is 0 Å². The largest absolute Gasteiger partial charge is 0.416 e. The number of benzene rings is 2. The number of anilines is 2. The number of aromatic nitrogens is 2. The number of ether oxygens (including phenoxy) is 1. The summed E-state index contributed by atoms with van der Waals surface area (Å²) in [5.41, 5.74) is -2.15. The third-order valence-electron chi connectivity index (χ3n) is 6.45. The number of carbonyl (C=O) groups is 1. The summed E-state index contributed by atoms with van der Waals surface area (Å²) < 4.78 is 102. The quantitative estimate of drug-likeness (QED) is 0.197. The highest BCUT2D eigenvalue weighted by Gasteiger charge is 2.31. The Balaban J connectivity index is 1.48. The van der Waals surface area contributed by atoms with E-state index in [1.54, 1.807) is 6.07 Å². The number of alkyl halides is 3. The highest BCUT2D eigenvalue weighted by Crippen LogP contribution is 2.33. The lowest BCUT2D eigenvalue weighted by Gasteiger charge is -2.24. The lowest BCUT2D eigenvalue weighted by molar-refractivity contribution is -0.137. The van der Waals surface area contributed by atoms with Gasteiger partial charge >= 0.3 is 6.18 Å². The Morgan fingerprint density at radius 3 is 2.38 bits per heavy atom. The Labute approximate surface area is 224 Å². The zero-order valence-corrected chi connectivity index (χ0v) is 21.3. The first kappa shape index (κ1) is 27.5. The van der Waals surface area contributed by atoms with Crippen molar-refractivity contribution >= 4 is 38.2 Å². The molecule has 0 unspecified atom stereocenters. The molecule has 40 heavy (non-hydrogen) atoms. The van der Waals surface area contributed by atoms with Crippen molar-refractivity contribution in [3.8, 4) is 0 Å². The van der Waals surface area contributed by atoms with Crippen LogP contribution >= 0.6 is 0 Å². The molecule has 0 bridgehead atoms. The van der Waals surface area contributed by atoms with Gasteiger partial charge in [0.2, 0.25) is 5.78 Å². The molecule has 3 heterocycles. The fourth-order valence-electron chi connectivity index (χ4n) is 4.42. The first-order valence-corrected chi connectivity index (χ1v) is 13.5. The van der Waals surface area contributed by atoms with Crippen LogP contribution in [0.3, 0.4) is 0 Å². The van der Waals surface area contributed by atoms with Crippen LogP contribution in [0.25, 0.3) is 11.0 Å². The fourth-order valence-corrected chi connectivity index (χ4v) is 5.48. The van der Waals surface area contributed by atoms with Crippen molar-refractivity contribution in [2.75, 3.05) is 23.3 Å². The first-order valence-electron chi connectivity index (χ1n) is 12.0. The van der Waals surface area contributed by atoms with Gasteiger partial charge in [0.1, 0.15) is 11.5 Å². The number of H-pyrrole nitrogens is 1. The van der Waals surface area contributed by atoms with E-state index in [2.05, 4.69) is 15.3 Å². The molecule has 0 radical (unpaired) electrons. The summed E-state index contributed by atoms with van der Waals surface area (Å²) >= 11 is 0. The molecule has 0 amide bonds. The number of halogens is 5. The first-order chi connectivity index (χ1) is 19.0. The monoisotopic (exact) mass is 580 g/mol. The predicted molar refractivity (Wildman–Crippen MR) is 136 cm³/mol. The Bertz CT molecular complexity index is 1680. The van der Waals surface area contributed by atoms with Crippen molar-refractivity contribution in [2.45, 2.75) is 30.0 Å². The average molecular weight is 581 g/mol. The smallest absolute Gasteiger partial charge is 0.381 e. The number of rotatable bonds is 7. The van der Waals surface area contributed by atoms with Crippen molar-refractivity contribution in [2.24, 2.45) is 0 Å². The van der Waals surface area contributed by atoms with E-state index >= 15 is 4.39 Å². The summed E-state index contributed by atoms with van der Waals surface area (Å²) in [6.45, 7) is 1.10. The van der Waals surface area contributed by atoms with Gasteiger partial charge in [-0.1, -0.05) is 0 Å². The summed E-state index contributed by atoms with van der Waals surface area (Å²) in [5, 5.41) is 3.62. The van der Waals surface area contributed by atoms with Crippen molar-refractivity contribution in [3.63, 3.8) is 0 Å². The number of ketones is 1. The van der Waals surface area contributed by atoms with Crippen LogP contribution in [0.15, 0.2) is 59.8 Å². The van der Waals surface area contributed by atoms with Crippen molar-refractivity contribution in [1.29, 1.82) is 0 Å². The second kappa shape index (κ2) is 10.5. The lowest BCUT2D eigenvalue weighted by Crippen LogP contribution is -2.28. The van der Waals surface area contributed by atoms with E-state index in [0.29, 0.717) is 67.0 Å². The summed E-state index contributed by atoms with van der Waals surface area (Å²) in [5.74, 6) is -3.80. The molecule has 3 N–H and O–H groups in total. The summed E-state index contributed by atoms with van der Waals surface area (Å²) in [4.78, 5) is 19.9. The molecule has 1 fully saturated rings. The molecule has 0 atom stereocenters. The minimum Gasteiger partial charge on any atom is -0.381 e. The van der Waals surface area contributed by atoms with Gasteiger partial charge in [-0.2, -0.15) is 13.2 Å². The summed E-state index contributed by atoms with van der Waals surface area (Å²) in [6, 6.07) is 5.67. The van der Waals surface area contributed by atoms with E-state index in [-0.39, 0.29) is 11.6 Å². The minimum atomic E-state index is -4.69. The maximum absolute atomic E-state index is 15.5. The highest BCUT2D eigenvalue weighted by molar-refractivity contribution is 7.92. The molecule has 0 saturated carbocycles. The minimum absolute atomic E-state index is 0.0357. The molecule has 4 aromatic rings. The second-order valence-electron chi connectivity index (χ2n) is 9.06. The van der Waals surface area contributed by atoms with E-state index in [1.165, 1.54) is 12.4 Å². The van der Waals surface area contributed by atoms with E-state index in [1.807, 2.05) is 4.72 Å². The fraction of sp³-hybridized carbons (Fsp3) is 0.231. The van der Waals surface area contributed by atoms with Crippen LogP contribution in [0, 0.1) is 11.6 Å². The van der Waals surface area contributed by atoms with Crippen molar-refractivity contribution in [3.05, 3.63) is 83.2 Å². The number of carbonyl (C=O) groups excluding carboxylic acids is 1. The van der Waals surface area contributed by atoms with E-state index in [4.69, 9.17) is 4.74 Å². The van der Waals surface area contributed by atoms with Gasteiger partial charge in [0.05, 0.1) is 32.7 Å². The topological polar surface area (TPSA) is 113 Å². The van der Waals surface area contributed by atoms with Gasteiger partial charge in [0.25, 0.3) is 10.0 Å². The van der Waals surface area contributed by atoms with E-state index < -0.39 is 55.3 Å². The molecule has 210 valence electrons. The van der Waals surface area contributed by atoms with Gasteiger partial charge in [-0.3, -0.25) is 9.52 Å².